The molecule has 0 N–H and O–H groups in total. The molecule has 0 bridgehead atoms. The van der Waals surface area contributed by atoms with Crippen molar-refractivity contribution >= 4 is 16.9 Å². The molecule has 24 heavy (non-hydrogen) atoms. The summed E-state index contributed by atoms with van der Waals surface area (Å²) in [5, 5.41) is 0.854. The predicted octanol–water partition coefficient (Wildman–Crippen LogP) is 3.46. The van der Waals surface area contributed by atoms with Gasteiger partial charge < -0.3 is 13.9 Å². The van der Waals surface area contributed by atoms with Crippen LogP contribution in [-0.2, 0) is 16.0 Å². The van der Waals surface area contributed by atoms with E-state index in [9.17, 15) is 9.59 Å². The van der Waals surface area contributed by atoms with Gasteiger partial charge in [0, 0.05) is 29.9 Å². The van der Waals surface area contributed by atoms with Crippen LogP contribution in [0.4, 0.5) is 0 Å². The van der Waals surface area contributed by atoms with E-state index in [4.69, 9.17) is 13.9 Å². The van der Waals surface area contributed by atoms with Crippen LogP contribution < -0.4 is 10.4 Å². The number of carbonyl (C=O) groups is 1. The van der Waals surface area contributed by atoms with Crippen molar-refractivity contribution < 1.29 is 18.7 Å². The molecule has 0 unspecified atom stereocenters. The van der Waals surface area contributed by atoms with Gasteiger partial charge in [0.05, 0.1) is 0 Å². The van der Waals surface area contributed by atoms with Gasteiger partial charge >= 0.3 is 11.6 Å². The Labute approximate surface area is 140 Å². The Morgan fingerprint density at radius 1 is 1.29 bits per heavy atom. The van der Waals surface area contributed by atoms with Crippen molar-refractivity contribution in [3.63, 3.8) is 0 Å². The highest BCUT2D eigenvalue weighted by molar-refractivity contribution is 5.82. The summed E-state index contributed by atoms with van der Waals surface area (Å²) in [6, 6.07) is 6.86. The summed E-state index contributed by atoms with van der Waals surface area (Å²) in [5.74, 6) is 0.689. The zero-order valence-electron chi connectivity index (χ0n) is 14.4. The first-order valence-corrected chi connectivity index (χ1v) is 8.20. The van der Waals surface area contributed by atoms with Crippen LogP contribution in [0, 0.1) is 5.92 Å². The number of fused-ring (bicyclic) bond motifs is 3. The van der Waals surface area contributed by atoms with Crippen LogP contribution in [0.2, 0.25) is 0 Å². The van der Waals surface area contributed by atoms with Gasteiger partial charge in [0.2, 0.25) is 0 Å². The molecule has 0 saturated carbocycles. The van der Waals surface area contributed by atoms with E-state index in [-0.39, 0.29) is 23.6 Å². The molecule has 2 aromatic rings. The lowest BCUT2D eigenvalue weighted by Crippen LogP contribution is -2.43. The Bertz CT molecular complexity index is 831. The first kappa shape index (κ1) is 16.6. The number of carbonyl (C=O) groups excluding carboxylic acids is 1. The normalized spacial score (nSPS) is 17.0. The third-order valence-electron chi connectivity index (χ3n) is 4.24. The average Bonchev–Trinajstić information content (AvgIpc) is 2.91. The highest BCUT2D eigenvalue weighted by Crippen LogP contribution is 2.38. The van der Waals surface area contributed by atoms with Crippen molar-refractivity contribution in [2.75, 3.05) is 0 Å². The number of rotatable bonds is 4. The van der Waals surface area contributed by atoms with Crippen molar-refractivity contribution in [3.8, 4) is 5.75 Å². The second-order valence-corrected chi connectivity index (χ2v) is 7.20. The molecule has 1 aliphatic rings. The van der Waals surface area contributed by atoms with Gasteiger partial charge in [0.25, 0.3) is 0 Å². The Morgan fingerprint density at radius 2 is 2.00 bits per heavy atom. The van der Waals surface area contributed by atoms with Crippen molar-refractivity contribution in [1.82, 2.24) is 0 Å². The lowest BCUT2D eigenvalue weighted by molar-refractivity contribution is -0.165. The van der Waals surface area contributed by atoms with Gasteiger partial charge in [-0.05, 0) is 38.0 Å². The number of ether oxygens (including phenoxy) is 2. The van der Waals surface area contributed by atoms with Crippen molar-refractivity contribution in [2.45, 2.75) is 52.2 Å². The summed E-state index contributed by atoms with van der Waals surface area (Å²) in [5.41, 5.74) is 0.240. The molecular formula is C19H22O5. The maximum absolute atomic E-state index is 12.0. The zero-order valence-corrected chi connectivity index (χ0v) is 14.4. The van der Waals surface area contributed by atoms with Crippen LogP contribution in [0.25, 0.3) is 11.0 Å². The average molecular weight is 330 g/mol. The lowest BCUT2D eigenvalue weighted by Gasteiger charge is -2.31. The first-order valence-electron chi connectivity index (χ1n) is 8.20. The van der Waals surface area contributed by atoms with Crippen molar-refractivity contribution in [3.05, 3.63) is 40.2 Å². The van der Waals surface area contributed by atoms with Crippen molar-refractivity contribution in [1.29, 1.82) is 0 Å². The summed E-state index contributed by atoms with van der Waals surface area (Å²) in [4.78, 5) is 23.6. The fourth-order valence-corrected chi connectivity index (χ4v) is 2.98. The Balaban J connectivity index is 1.85. The van der Waals surface area contributed by atoms with E-state index in [1.807, 2.05) is 39.8 Å². The number of hydrogen-bond acceptors (Lipinski definition) is 5. The van der Waals surface area contributed by atoms with Crippen LogP contribution in [-0.4, -0.2) is 17.7 Å². The fraction of sp³-hybridized carbons (Fsp3) is 0.474. The molecule has 5 heteroatoms. The number of esters is 1. The van der Waals surface area contributed by atoms with Crippen LogP contribution in [0.1, 0.15) is 39.7 Å². The third-order valence-corrected chi connectivity index (χ3v) is 4.24. The van der Waals surface area contributed by atoms with Gasteiger partial charge in [-0.3, -0.25) is 4.79 Å². The smallest absolute Gasteiger partial charge is 0.336 e. The van der Waals surface area contributed by atoms with Gasteiger partial charge in [-0.2, -0.15) is 0 Å². The standard InChI is InChI=1S/C19H22O5/c1-11(2)9-17(21)24-19(3,4)15-10-13-14(22-15)7-5-12-6-8-16(20)23-18(12)13/h5-8,11,15H,9-10H2,1-4H3/t15-/m1/s1. The SMILES string of the molecule is CC(C)CC(=O)OC(C)(C)[C@H]1Cc2c(ccc3ccc(=O)oc23)O1. The third kappa shape index (κ3) is 3.16. The molecule has 1 atom stereocenters. The maximum atomic E-state index is 12.0. The minimum absolute atomic E-state index is 0.231. The molecule has 0 aliphatic carbocycles. The predicted molar refractivity (Wildman–Crippen MR) is 90.2 cm³/mol. The monoisotopic (exact) mass is 330 g/mol. The quantitative estimate of drug-likeness (QED) is 0.634. The van der Waals surface area contributed by atoms with E-state index in [2.05, 4.69) is 0 Å². The molecule has 0 fully saturated rings. The second-order valence-electron chi connectivity index (χ2n) is 7.20. The van der Waals surface area contributed by atoms with Crippen LogP contribution in [0.15, 0.2) is 33.5 Å². The fourth-order valence-electron chi connectivity index (χ4n) is 2.98. The zero-order chi connectivity index (χ0) is 17.5. The highest BCUT2D eigenvalue weighted by atomic mass is 16.6. The Morgan fingerprint density at radius 3 is 2.71 bits per heavy atom. The molecule has 128 valence electrons. The van der Waals surface area contributed by atoms with Crippen LogP contribution in [0.3, 0.4) is 0 Å². The molecule has 1 aromatic carbocycles. The largest absolute Gasteiger partial charge is 0.485 e. The number of benzene rings is 1. The van der Waals surface area contributed by atoms with E-state index in [0.717, 1.165) is 10.9 Å². The summed E-state index contributed by atoms with van der Waals surface area (Å²) < 4.78 is 17.0. The molecule has 3 rings (SSSR count). The van der Waals surface area contributed by atoms with Gasteiger partial charge in [0.15, 0.2) is 0 Å². The molecule has 0 radical (unpaired) electrons. The minimum Gasteiger partial charge on any atom is -0.485 e. The van der Waals surface area contributed by atoms with Gasteiger partial charge in [0.1, 0.15) is 23.0 Å². The molecule has 1 aliphatic heterocycles. The van der Waals surface area contributed by atoms with Gasteiger partial charge in [-0.25, -0.2) is 4.79 Å². The van der Waals surface area contributed by atoms with E-state index in [1.165, 1.54) is 6.07 Å². The van der Waals surface area contributed by atoms with Crippen LogP contribution in [0.5, 0.6) is 5.75 Å². The molecule has 0 amide bonds. The molecule has 0 saturated heterocycles. The summed E-state index contributed by atoms with van der Waals surface area (Å²) in [6.07, 6.45) is 0.586. The van der Waals surface area contributed by atoms with E-state index >= 15 is 0 Å². The number of hydrogen-bond donors (Lipinski definition) is 0. The van der Waals surface area contributed by atoms with Gasteiger partial charge in [-0.15, -0.1) is 0 Å². The van der Waals surface area contributed by atoms with E-state index in [1.54, 1.807) is 6.07 Å². The van der Waals surface area contributed by atoms with Gasteiger partial charge in [-0.1, -0.05) is 13.8 Å². The molecule has 1 aromatic heterocycles. The first-order chi connectivity index (χ1) is 11.3. The van der Waals surface area contributed by atoms with Crippen molar-refractivity contribution in [2.24, 2.45) is 5.92 Å². The molecular weight excluding hydrogens is 308 g/mol. The highest BCUT2D eigenvalue weighted by Gasteiger charge is 2.40. The topological polar surface area (TPSA) is 65.7 Å². The maximum Gasteiger partial charge on any atom is 0.336 e. The van der Waals surface area contributed by atoms with Crippen LogP contribution >= 0.6 is 0 Å². The minimum atomic E-state index is -0.771. The second kappa shape index (κ2) is 5.96. The Hall–Kier alpha value is -2.30. The molecule has 0 spiro atoms. The summed E-state index contributed by atoms with van der Waals surface area (Å²) in [7, 11) is 0. The van der Waals surface area contributed by atoms with E-state index < -0.39 is 5.60 Å². The Kier molecular flexibility index (Phi) is 4.11. The lowest BCUT2D eigenvalue weighted by atomic mass is 9.96. The molecule has 2 heterocycles. The summed E-state index contributed by atoms with van der Waals surface area (Å²) >= 11 is 0. The molecule has 5 nitrogen and oxygen atoms in total. The summed E-state index contributed by atoms with van der Waals surface area (Å²) in [6.45, 7) is 7.65. The van der Waals surface area contributed by atoms with E-state index in [0.29, 0.717) is 24.2 Å².